The maximum absolute atomic E-state index is 10.5. The molecule has 7 nitrogen and oxygen atoms in total. The Balaban J connectivity index is 3.88. The zero-order valence-electron chi connectivity index (χ0n) is 6.47. The van der Waals surface area contributed by atoms with Crippen LogP contribution in [0, 0.1) is 0 Å². The predicted octanol–water partition coefficient (Wildman–Crippen LogP) is -2.12. The minimum Gasteiger partial charge on any atom is -0.479 e. The molecular weight excluding hydrogens is 184 g/mol. The van der Waals surface area contributed by atoms with Gasteiger partial charge in [0.05, 0.1) is 6.42 Å². The Labute approximate surface area is 72.5 Å². The molecule has 74 valence electrons. The van der Waals surface area contributed by atoms with Crippen LogP contribution in [0.3, 0.4) is 0 Å². The third kappa shape index (κ3) is 4.88. The van der Waals surface area contributed by atoms with Gasteiger partial charge in [-0.05, 0) is 0 Å². The van der Waals surface area contributed by atoms with Crippen LogP contribution >= 0.6 is 0 Å². The van der Waals surface area contributed by atoms with Crippen LogP contribution in [-0.4, -0.2) is 45.9 Å². The fourth-order valence-corrected chi connectivity index (χ4v) is 0.446. The number of carboxylic acid groups (broad SMARTS) is 1. The summed E-state index contributed by atoms with van der Waals surface area (Å²) < 4.78 is 3.87. The van der Waals surface area contributed by atoms with Crippen molar-refractivity contribution in [3.8, 4) is 0 Å². The van der Waals surface area contributed by atoms with Crippen molar-refractivity contribution in [2.75, 3.05) is 6.61 Å². The van der Waals surface area contributed by atoms with Crippen LogP contribution in [-0.2, 0) is 19.1 Å². The van der Waals surface area contributed by atoms with Gasteiger partial charge < -0.3 is 20.1 Å². The molecule has 7 heteroatoms. The van der Waals surface area contributed by atoms with Crippen molar-refractivity contribution in [1.82, 2.24) is 0 Å². The van der Waals surface area contributed by atoms with Crippen molar-refractivity contribution < 1.29 is 34.4 Å². The van der Waals surface area contributed by atoms with E-state index in [-0.39, 0.29) is 0 Å². The van der Waals surface area contributed by atoms with Gasteiger partial charge in [0.1, 0.15) is 6.61 Å². The second-order valence-electron chi connectivity index (χ2n) is 2.06. The van der Waals surface area contributed by atoms with Crippen molar-refractivity contribution in [3.05, 3.63) is 0 Å². The van der Waals surface area contributed by atoms with Gasteiger partial charge >= 0.3 is 17.9 Å². The molecule has 0 aromatic carbocycles. The molecule has 1 unspecified atom stereocenters. The van der Waals surface area contributed by atoms with E-state index in [9.17, 15) is 14.4 Å². The molecule has 0 bridgehead atoms. The first kappa shape index (κ1) is 11.5. The molecule has 0 aromatic heterocycles. The van der Waals surface area contributed by atoms with Gasteiger partial charge in [-0.1, -0.05) is 0 Å². The van der Waals surface area contributed by atoms with Gasteiger partial charge in [0, 0.05) is 0 Å². The molecule has 0 heterocycles. The zero-order valence-corrected chi connectivity index (χ0v) is 6.47. The fourth-order valence-electron chi connectivity index (χ4n) is 0.446. The van der Waals surface area contributed by atoms with Gasteiger partial charge in [-0.15, -0.1) is 0 Å². The third-order valence-corrected chi connectivity index (χ3v) is 1.00. The molecular formula is C6H8O7. The van der Waals surface area contributed by atoms with E-state index in [2.05, 4.69) is 4.74 Å². The second kappa shape index (κ2) is 5.22. The predicted molar refractivity (Wildman–Crippen MR) is 36.4 cm³/mol. The van der Waals surface area contributed by atoms with Crippen molar-refractivity contribution in [2.24, 2.45) is 0 Å². The number of aliphatic hydroxyl groups excluding tert-OH is 2. The Bertz CT molecular complexity index is 221. The first-order chi connectivity index (χ1) is 5.97. The first-order valence-corrected chi connectivity index (χ1v) is 3.22. The Hall–Kier alpha value is -1.47. The van der Waals surface area contributed by atoms with Gasteiger partial charge in [-0.3, -0.25) is 4.79 Å². The summed E-state index contributed by atoms with van der Waals surface area (Å²) in [6, 6.07) is 0. The molecule has 13 heavy (non-hydrogen) atoms. The molecule has 0 aliphatic heterocycles. The molecule has 3 N–H and O–H groups in total. The molecule has 0 spiro atoms. The number of esters is 2. The molecule has 0 rings (SSSR count). The van der Waals surface area contributed by atoms with Crippen molar-refractivity contribution in [3.63, 3.8) is 0 Å². The van der Waals surface area contributed by atoms with Gasteiger partial charge in [-0.25, -0.2) is 9.59 Å². The highest BCUT2D eigenvalue weighted by atomic mass is 16.6. The Morgan fingerprint density at radius 1 is 1.23 bits per heavy atom. The lowest BCUT2D eigenvalue weighted by molar-refractivity contribution is -0.165. The third-order valence-electron chi connectivity index (χ3n) is 1.00. The monoisotopic (exact) mass is 192 g/mol. The number of hydrogen-bond acceptors (Lipinski definition) is 6. The molecule has 0 aliphatic rings. The van der Waals surface area contributed by atoms with Crippen LogP contribution in [0.15, 0.2) is 0 Å². The molecule has 0 saturated carbocycles. The molecule has 1 atom stereocenters. The number of hydrogen-bond donors (Lipinski definition) is 3. The summed E-state index contributed by atoms with van der Waals surface area (Å²) in [5, 5.41) is 24.9. The minimum absolute atomic E-state index is 0.832. The van der Waals surface area contributed by atoms with Crippen molar-refractivity contribution >= 4 is 17.9 Å². The maximum Gasteiger partial charge on any atom is 0.339 e. The van der Waals surface area contributed by atoms with E-state index in [0.717, 1.165) is 0 Å². The average molecular weight is 192 g/mol. The molecule has 0 aromatic rings. The average Bonchev–Trinajstić information content (AvgIpc) is 2.03. The van der Waals surface area contributed by atoms with E-state index in [1.807, 2.05) is 0 Å². The lowest BCUT2D eigenvalue weighted by atomic mass is 10.2. The Morgan fingerprint density at radius 3 is 2.15 bits per heavy atom. The number of carbonyl (C=O) groups is 3. The Kier molecular flexibility index (Phi) is 4.63. The number of rotatable bonds is 4. The topological polar surface area (TPSA) is 121 Å². The van der Waals surface area contributed by atoms with Gasteiger partial charge in [-0.2, -0.15) is 0 Å². The largest absolute Gasteiger partial charge is 0.479 e. The van der Waals surface area contributed by atoms with Crippen LogP contribution in [0.5, 0.6) is 0 Å². The summed E-state index contributed by atoms with van der Waals surface area (Å²) in [7, 11) is 0. The van der Waals surface area contributed by atoms with E-state index in [0.29, 0.717) is 0 Å². The van der Waals surface area contributed by atoms with Gasteiger partial charge in [0.2, 0.25) is 0 Å². The maximum atomic E-state index is 10.5. The molecule has 0 amide bonds. The molecule has 0 aliphatic carbocycles. The first-order valence-electron chi connectivity index (χ1n) is 3.22. The van der Waals surface area contributed by atoms with Crippen LogP contribution in [0.25, 0.3) is 0 Å². The fraction of sp³-hybridized carbons (Fsp3) is 0.500. The summed E-state index contributed by atoms with van der Waals surface area (Å²) in [5.74, 6) is -3.98. The van der Waals surface area contributed by atoms with Gasteiger partial charge in [0.15, 0.2) is 6.10 Å². The van der Waals surface area contributed by atoms with E-state index < -0.39 is 37.0 Å². The van der Waals surface area contributed by atoms with Crippen LogP contribution in [0.1, 0.15) is 6.42 Å². The van der Waals surface area contributed by atoms with Crippen LogP contribution < -0.4 is 0 Å². The minimum atomic E-state index is -1.90. The Morgan fingerprint density at radius 2 is 1.77 bits per heavy atom. The van der Waals surface area contributed by atoms with Crippen LogP contribution in [0.4, 0.5) is 0 Å². The van der Waals surface area contributed by atoms with Crippen molar-refractivity contribution in [2.45, 2.75) is 12.5 Å². The van der Waals surface area contributed by atoms with Gasteiger partial charge in [0.25, 0.3) is 0 Å². The molecule has 0 saturated heterocycles. The number of carboxylic acids is 1. The highest BCUT2D eigenvalue weighted by Crippen LogP contribution is 1.94. The second-order valence-corrected chi connectivity index (χ2v) is 2.06. The van der Waals surface area contributed by atoms with Crippen molar-refractivity contribution in [1.29, 1.82) is 0 Å². The SMILES string of the molecule is O=C(CO)OC(=O)CC(O)C(=O)O. The summed E-state index contributed by atoms with van der Waals surface area (Å²) in [5.41, 5.74) is 0. The summed E-state index contributed by atoms with van der Waals surface area (Å²) in [6.07, 6.45) is -2.74. The summed E-state index contributed by atoms with van der Waals surface area (Å²) >= 11 is 0. The van der Waals surface area contributed by atoms with Crippen LogP contribution in [0.2, 0.25) is 0 Å². The number of ether oxygens (including phenoxy) is 1. The number of aliphatic carboxylic acids is 1. The molecule has 0 radical (unpaired) electrons. The normalized spacial score (nSPS) is 11.8. The standard InChI is InChI=1S/C6H8O7/c7-2-5(10)13-4(9)1-3(8)6(11)12/h3,7-8H,1-2H2,(H,11,12). The summed E-state index contributed by atoms with van der Waals surface area (Å²) in [4.78, 5) is 30.8. The quantitative estimate of drug-likeness (QED) is 0.344. The lowest BCUT2D eigenvalue weighted by Gasteiger charge is -2.03. The zero-order chi connectivity index (χ0) is 10.4. The van der Waals surface area contributed by atoms with E-state index in [4.69, 9.17) is 15.3 Å². The smallest absolute Gasteiger partial charge is 0.339 e. The lowest BCUT2D eigenvalue weighted by Crippen LogP contribution is -2.26. The van der Waals surface area contributed by atoms with E-state index in [1.54, 1.807) is 0 Å². The number of aliphatic hydroxyl groups is 2. The number of carbonyl (C=O) groups excluding carboxylic acids is 2. The van der Waals surface area contributed by atoms with E-state index >= 15 is 0 Å². The summed E-state index contributed by atoms with van der Waals surface area (Å²) in [6.45, 7) is -0.977. The highest BCUT2D eigenvalue weighted by molar-refractivity contribution is 5.88. The molecule has 0 fully saturated rings. The van der Waals surface area contributed by atoms with E-state index in [1.165, 1.54) is 0 Å². The highest BCUT2D eigenvalue weighted by Gasteiger charge is 2.20.